The summed E-state index contributed by atoms with van der Waals surface area (Å²) in [5.41, 5.74) is 1.61. The van der Waals surface area contributed by atoms with Crippen LogP contribution in [-0.2, 0) is 20.1 Å². The maximum atomic E-state index is 12.5. The molecule has 2 aliphatic heterocycles. The molecule has 0 aromatic heterocycles. The third kappa shape index (κ3) is 1.38. The SMILES string of the molecule is CC#CCN1C(=O)C2(OCCO2)c2ccccc21. The Kier molecular flexibility index (Phi) is 2.58. The number of ether oxygens (including phenoxy) is 2. The molecule has 1 aromatic rings. The average molecular weight is 243 g/mol. The molecule has 1 saturated heterocycles. The van der Waals surface area contributed by atoms with Crippen molar-refractivity contribution in [2.75, 3.05) is 24.7 Å². The Morgan fingerprint density at radius 1 is 1.33 bits per heavy atom. The molecule has 4 nitrogen and oxygen atoms in total. The van der Waals surface area contributed by atoms with Crippen molar-refractivity contribution in [3.63, 3.8) is 0 Å². The first-order chi connectivity index (χ1) is 8.79. The van der Waals surface area contributed by atoms with Gasteiger partial charge in [-0.1, -0.05) is 24.1 Å². The van der Waals surface area contributed by atoms with Gasteiger partial charge in [0.2, 0.25) is 0 Å². The first-order valence-corrected chi connectivity index (χ1v) is 5.88. The van der Waals surface area contributed by atoms with Crippen molar-refractivity contribution >= 4 is 11.6 Å². The van der Waals surface area contributed by atoms with Gasteiger partial charge in [0, 0.05) is 5.56 Å². The third-order valence-corrected chi connectivity index (χ3v) is 3.18. The van der Waals surface area contributed by atoms with Gasteiger partial charge in [-0.3, -0.25) is 9.69 Å². The first-order valence-electron chi connectivity index (χ1n) is 5.88. The fourth-order valence-corrected chi connectivity index (χ4v) is 2.40. The molecule has 2 aliphatic rings. The normalized spacial score (nSPS) is 19.8. The van der Waals surface area contributed by atoms with Crippen molar-refractivity contribution in [1.29, 1.82) is 0 Å². The van der Waals surface area contributed by atoms with Crippen LogP contribution in [-0.4, -0.2) is 25.7 Å². The number of carbonyl (C=O) groups is 1. The molecule has 92 valence electrons. The fourth-order valence-electron chi connectivity index (χ4n) is 2.40. The number of nitrogens with zero attached hydrogens (tertiary/aromatic N) is 1. The van der Waals surface area contributed by atoms with Crippen LogP contribution in [0.4, 0.5) is 5.69 Å². The van der Waals surface area contributed by atoms with Gasteiger partial charge in [0.05, 0.1) is 25.4 Å². The highest BCUT2D eigenvalue weighted by molar-refractivity contribution is 6.06. The lowest BCUT2D eigenvalue weighted by atomic mass is 10.1. The van der Waals surface area contributed by atoms with Crippen molar-refractivity contribution in [3.05, 3.63) is 29.8 Å². The summed E-state index contributed by atoms with van der Waals surface area (Å²) in [6.45, 7) is 2.99. The van der Waals surface area contributed by atoms with E-state index in [2.05, 4.69) is 11.8 Å². The predicted molar refractivity (Wildman–Crippen MR) is 65.8 cm³/mol. The summed E-state index contributed by atoms with van der Waals surface area (Å²) < 4.78 is 11.2. The van der Waals surface area contributed by atoms with Crippen LogP contribution >= 0.6 is 0 Å². The molecule has 0 bridgehead atoms. The molecule has 0 saturated carbocycles. The number of para-hydroxylation sites is 1. The van der Waals surface area contributed by atoms with E-state index in [0.717, 1.165) is 11.3 Å². The topological polar surface area (TPSA) is 38.8 Å². The van der Waals surface area contributed by atoms with E-state index in [1.807, 2.05) is 24.3 Å². The highest BCUT2D eigenvalue weighted by Crippen LogP contribution is 2.45. The molecule has 0 unspecified atom stereocenters. The summed E-state index contributed by atoms with van der Waals surface area (Å²) in [6, 6.07) is 7.54. The van der Waals surface area contributed by atoms with Crippen molar-refractivity contribution < 1.29 is 14.3 Å². The van der Waals surface area contributed by atoms with E-state index in [0.29, 0.717) is 19.8 Å². The Morgan fingerprint density at radius 3 is 2.78 bits per heavy atom. The summed E-state index contributed by atoms with van der Waals surface area (Å²) in [4.78, 5) is 14.1. The van der Waals surface area contributed by atoms with Gasteiger partial charge < -0.3 is 9.47 Å². The molecular weight excluding hydrogens is 230 g/mol. The molecule has 3 rings (SSSR count). The number of hydrogen-bond donors (Lipinski definition) is 0. The van der Waals surface area contributed by atoms with E-state index in [-0.39, 0.29) is 5.91 Å². The Labute approximate surface area is 105 Å². The first kappa shape index (κ1) is 11.3. The minimum absolute atomic E-state index is 0.177. The molecule has 0 N–H and O–H groups in total. The summed E-state index contributed by atoms with van der Waals surface area (Å²) >= 11 is 0. The van der Waals surface area contributed by atoms with Crippen molar-refractivity contribution in [2.45, 2.75) is 12.7 Å². The second-order valence-electron chi connectivity index (χ2n) is 4.15. The number of rotatable bonds is 1. The van der Waals surface area contributed by atoms with Crippen LogP contribution in [0.3, 0.4) is 0 Å². The van der Waals surface area contributed by atoms with E-state index in [4.69, 9.17) is 9.47 Å². The van der Waals surface area contributed by atoms with E-state index in [9.17, 15) is 4.79 Å². The van der Waals surface area contributed by atoms with Crippen LogP contribution in [0.25, 0.3) is 0 Å². The average Bonchev–Trinajstić information content (AvgIpc) is 2.97. The Balaban J connectivity index is 2.10. The van der Waals surface area contributed by atoms with Crippen LogP contribution in [0.1, 0.15) is 12.5 Å². The van der Waals surface area contributed by atoms with Gasteiger partial charge in [0.25, 0.3) is 11.7 Å². The maximum absolute atomic E-state index is 12.5. The summed E-state index contributed by atoms with van der Waals surface area (Å²) in [5.74, 6) is 4.30. The van der Waals surface area contributed by atoms with Crippen molar-refractivity contribution in [3.8, 4) is 11.8 Å². The zero-order valence-corrected chi connectivity index (χ0v) is 10.1. The number of hydrogen-bond acceptors (Lipinski definition) is 3. The Morgan fingerprint density at radius 2 is 2.06 bits per heavy atom. The lowest BCUT2D eigenvalue weighted by molar-refractivity contribution is -0.180. The number of fused-ring (bicyclic) bond motifs is 2. The molecule has 1 amide bonds. The van der Waals surface area contributed by atoms with Gasteiger partial charge in [0.1, 0.15) is 0 Å². The highest BCUT2D eigenvalue weighted by atomic mass is 16.7. The van der Waals surface area contributed by atoms with Gasteiger partial charge in [-0.2, -0.15) is 0 Å². The quantitative estimate of drug-likeness (QED) is 0.697. The predicted octanol–water partition coefficient (Wildman–Crippen LogP) is 1.26. The minimum Gasteiger partial charge on any atom is -0.336 e. The number of amides is 1. The molecule has 1 aromatic carbocycles. The smallest absolute Gasteiger partial charge is 0.293 e. The second-order valence-corrected chi connectivity index (χ2v) is 4.15. The fraction of sp³-hybridized carbons (Fsp3) is 0.357. The van der Waals surface area contributed by atoms with E-state index in [1.165, 1.54) is 0 Å². The summed E-state index contributed by atoms with van der Waals surface area (Å²) in [6.07, 6.45) is 0. The Hall–Kier alpha value is -1.83. The number of benzene rings is 1. The van der Waals surface area contributed by atoms with Crippen LogP contribution in [0.15, 0.2) is 24.3 Å². The molecule has 4 heteroatoms. The lowest BCUT2D eigenvalue weighted by Gasteiger charge is -2.20. The van der Waals surface area contributed by atoms with Crippen molar-refractivity contribution in [1.82, 2.24) is 0 Å². The van der Waals surface area contributed by atoms with Gasteiger partial charge in [-0.05, 0) is 13.0 Å². The van der Waals surface area contributed by atoms with Gasteiger partial charge in [0.15, 0.2) is 0 Å². The summed E-state index contributed by atoms with van der Waals surface area (Å²) in [5, 5.41) is 0. The largest absolute Gasteiger partial charge is 0.336 e. The molecule has 0 atom stereocenters. The maximum Gasteiger partial charge on any atom is 0.293 e. The molecule has 2 heterocycles. The number of carbonyl (C=O) groups excluding carboxylic acids is 1. The standard InChI is InChI=1S/C14H13NO3/c1-2-3-8-15-12-7-5-4-6-11(12)14(13(15)16)17-9-10-18-14/h4-7H,8-10H2,1H3. The van der Waals surface area contributed by atoms with E-state index >= 15 is 0 Å². The summed E-state index contributed by atoms with van der Waals surface area (Å²) in [7, 11) is 0. The van der Waals surface area contributed by atoms with Gasteiger partial charge >= 0.3 is 0 Å². The van der Waals surface area contributed by atoms with E-state index in [1.54, 1.807) is 11.8 Å². The zero-order valence-electron chi connectivity index (χ0n) is 10.1. The monoisotopic (exact) mass is 243 g/mol. The van der Waals surface area contributed by atoms with E-state index < -0.39 is 5.79 Å². The van der Waals surface area contributed by atoms with Crippen LogP contribution in [0.5, 0.6) is 0 Å². The minimum atomic E-state index is -1.23. The second kappa shape index (κ2) is 4.13. The van der Waals surface area contributed by atoms with Crippen molar-refractivity contribution in [2.24, 2.45) is 0 Å². The lowest BCUT2D eigenvalue weighted by Crippen LogP contribution is -2.41. The van der Waals surface area contributed by atoms with Gasteiger partial charge in [-0.15, -0.1) is 5.92 Å². The molecule has 1 fully saturated rings. The molecule has 18 heavy (non-hydrogen) atoms. The van der Waals surface area contributed by atoms with Gasteiger partial charge in [-0.25, -0.2) is 0 Å². The van der Waals surface area contributed by atoms with Crippen LogP contribution < -0.4 is 4.90 Å². The molecular formula is C14H13NO3. The highest BCUT2D eigenvalue weighted by Gasteiger charge is 2.55. The zero-order chi connectivity index (χ0) is 12.6. The number of anilines is 1. The molecule has 1 spiro atoms. The van der Waals surface area contributed by atoms with Crippen LogP contribution in [0.2, 0.25) is 0 Å². The third-order valence-electron chi connectivity index (χ3n) is 3.18. The Bertz CT molecular complexity index is 550. The molecule has 0 radical (unpaired) electrons. The van der Waals surface area contributed by atoms with Crippen LogP contribution in [0, 0.1) is 11.8 Å². The molecule has 0 aliphatic carbocycles.